The lowest BCUT2D eigenvalue weighted by atomic mass is 10.1. The van der Waals surface area contributed by atoms with E-state index in [1.807, 2.05) is 0 Å². The van der Waals surface area contributed by atoms with Crippen LogP contribution in [0.5, 0.6) is 0 Å². The van der Waals surface area contributed by atoms with Crippen LogP contribution in [-0.4, -0.2) is 54.4 Å². The molecule has 1 saturated heterocycles. The summed E-state index contributed by atoms with van der Waals surface area (Å²) in [5, 5.41) is 0. The summed E-state index contributed by atoms with van der Waals surface area (Å²) in [5.41, 5.74) is 0. The molecule has 13 heteroatoms. The van der Waals surface area contributed by atoms with Crippen LogP contribution in [0.2, 0.25) is 0 Å². The van der Waals surface area contributed by atoms with Gasteiger partial charge in [0, 0.05) is 7.05 Å². The Hall–Kier alpha value is -1.27. The number of nitrogens with zero attached hydrogens (tertiary/aromatic N) is 1. The van der Waals surface area contributed by atoms with Gasteiger partial charge in [-0.2, -0.15) is 43.9 Å². The quantitative estimate of drug-likeness (QED) is 0.586. The highest BCUT2D eigenvalue weighted by molar-refractivity contribution is 5.82. The van der Waals surface area contributed by atoms with Crippen molar-refractivity contribution >= 4 is 5.91 Å². The van der Waals surface area contributed by atoms with Gasteiger partial charge in [-0.3, -0.25) is 4.79 Å². The minimum absolute atomic E-state index is 0.280. The standard InChI is InChI=1S/C8H5F10NO2/c1-19(4(20)6(11,12)13)3-2(21-3)5(9,10)7(14,15)8(16,17)18/h2-3H,1H3. The minimum atomic E-state index is -6.64. The number of hydrogen-bond donors (Lipinski definition) is 0. The van der Waals surface area contributed by atoms with Crippen LogP contribution in [0.3, 0.4) is 0 Å². The molecule has 124 valence electrons. The van der Waals surface area contributed by atoms with E-state index < -0.39 is 47.3 Å². The SMILES string of the molecule is CN(C(=O)C(F)(F)F)C1OC1C(F)(F)C(F)(F)C(F)(F)F. The molecule has 0 aromatic heterocycles. The zero-order chi connectivity index (χ0) is 17.0. The predicted molar refractivity (Wildman–Crippen MR) is 43.4 cm³/mol. The van der Waals surface area contributed by atoms with Crippen molar-refractivity contribution < 1.29 is 53.4 Å². The fourth-order valence-electron chi connectivity index (χ4n) is 1.35. The third-order valence-electron chi connectivity index (χ3n) is 2.54. The van der Waals surface area contributed by atoms with Crippen LogP contribution in [-0.2, 0) is 9.53 Å². The van der Waals surface area contributed by atoms with Crippen LogP contribution in [0.15, 0.2) is 0 Å². The summed E-state index contributed by atoms with van der Waals surface area (Å²) in [6.07, 6.45) is -17.9. The van der Waals surface area contributed by atoms with Crippen LogP contribution in [0.4, 0.5) is 43.9 Å². The van der Waals surface area contributed by atoms with Crippen LogP contribution in [0.25, 0.3) is 0 Å². The van der Waals surface area contributed by atoms with E-state index in [1.165, 1.54) is 0 Å². The molecule has 0 bridgehead atoms. The average molecular weight is 337 g/mol. The zero-order valence-corrected chi connectivity index (χ0v) is 9.70. The maximum atomic E-state index is 13.0. The van der Waals surface area contributed by atoms with Crippen LogP contribution in [0.1, 0.15) is 0 Å². The van der Waals surface area contributed by atoms with E-state index in [4.69, 9.17) is 0 Å². The third-order valence-corrected chi connectivity index (χ3v) is 2.54. The first-order valence-corrected chi connectivity index (χ1v) is 4.87. The van der Waals surface area contributed by atoms with Crippen molar-refractivity contribution in [2.45, 2.75) is 36.5 Å². The number of ether oxygens (including phenoxy) is 1. The molecule has 3 nitrogen and oxygen atoms in total. The van der Waals surface area contributed by atoms with Gasteiger partial charge in [-0.05, 0) is 0 Å². The fraction of sp³-hybridized carbons (Fsp3) is 0.875. The second-order valence-electron chi connectivity index (χ2n) is 4.06. The molecule has 1 amide bonds. The molecular weight excluding hydrogens is 332 g/mol. The molecule has 2 atom stereocenters. The van der Waals surface area contributed by atoms with Crippen molar-refractivity contribution in [1.82, 2.24) is 4.90 Å². The van der Waals surface area contributed by atoms with Crippen LogP contribution < -0.4 is 0 Å². The smallest absolute Gasteiger partial charge is 0.341 e. The Morgan fingerprint density at radius 3 is 1.71 bits per heavy atom. The van der Waals surface area contributed by atoms with Gasteiger partial charge in [-0.1, -0.05) is 0 Å². The largest absolute Gasteiger partial charge is 0.471 e. The van der Waals surface area contributed by atoms with Gasteiger partial charge in [0.2, 0.25) is 0 Å². The summed E-state index contributed by atoms with van der Waals surface area (Å²) in [7, 11) is 0.280. The Morgan fingerprint density at radius 2 is 1.38 bits per heavy atom. The molecule has 2 unspecified atom stereocenters. The second-order valence-corrected chi connectivity index (χ2v) is 4.06. The van der Waals surface area contributed by atoms with Gasteiger partial charge in [0.25, 0.3) is 0 Å². The van der Waals surface area contributed by atoms with E-state index in [-0.39, 0.29) is 7.05 Å². The van der Waals surface area contributed by atoms with Gasteiger partial charge in [0.1, 0.15) is 0 Å². The van der Waals surface area contributed by atoms with Gasteiger partial charge < -0.3 is 9.64 Å². The van der Waals surface area contributed by atoms with E-state index in [9.17, 15) is 48.7 Å². The Bertz CT molecular complexity index is 428. The molecule has 0 saturated carbocycles. The lowest BCUT2D eigenvalue weighted by molar-refractivity contribution is -0.357. The molecule has 0 aromatic carbocycles. The van der Waals surface area contributed by atoms with Crippen molar-refractivity contribution in [3.05, 3.63) is 0 Å². The summed E-state index contributed by atoms with van der Waals surface area (Å²) in [5.74, 6) is -15.1. The number of alkyl halides is 10. The van der Waals surface area contributed by atoms with Gasteiger partial charge in [-0.15, -0.1) is 0 Å². The maximum Gasteiger partial charge on any atom is 0.471 e. The number of carbonyl (C=O) groups is 1. The van der Waals surface area contributed by atoms with E-state index in [0.717, 1.165) is 0 Å². The molecule has 21 heavy (non-hydrogen) atoms. The second kappa shape index (κ2) is 4.61. The van der Waals surface area contributed by atoms with Crippen molar-refractivity contribution in [2.75, 3.05) is 7.05 Å². The van der Waals surface area contributed by atoms with Crippen molar-refractivity contribution in [3.63, 3.8) is 0 Å². The van der Waals surface area contributed by atoms with Crippen molar-refractivity contribution in [3.8, 4) is 0 Å². The maximum absolute atomic E-state index is 13.0. The molecular formula is C8H5F10NO2. The molecule has 1 heterocycles. The van der Waals surface area contributed by atoms with E-state index in [0.29, 0.717) is 0 Å². The third kappa shape index (κ3) is 2.87. The van der Waals surface area contributed by atoms with Gasteiger partial charge in [-0.25, -0.2) is 0 Å². The van der Waals surface area contributed by atoms with Crippen molar-refractivity contribution in [1.29, 1.82) is 0 Å². The minimum Gasteiger partial charge on any atom is -0.341 e. The zero-order valence-electron chi connectivity index (χ0n) is 9.70. The lowest BCUT2D eigenvalue weighted by Gasteiger charge is -2.27. The van der Waals surface area contributed by atoms with Gasteiger partial charge in [0.05, 0.1) is 0 Å². The number of halogens is 10. The Kier molecular flexibility index (Phi) is 3.90. The average Bonchev–Trinajstić information content (AvgIpc) is 3.04. The number of carbonyl (C=O) groups excluding carboxylic acids is 1. The van der Waals surface area contributed by atoms with Crippen molar-refractivity contribution in [2.24, 2.45) is 0 Å². The number of likely N-dealkylation sites (N-methyl/N-ethyl adjacent to an activating group) is 1. The molecule has 1 fully saturated rings. The van der Waals surface area contributed by atoms with E-state index >= 15 is 0 Å². The molecule has 0 aromatic rings. The normalized spacial score (nSPS) is 24.0. The predicted octanol–water partition coefficient (Wildman–Crippen LogP) is 2.56. The van der Waals surface area contributed by atoms with Gasteiger partial charge in [0.15, 0.2) is 12.3 Å². The first kappa shape index (κ1) is 17.8. The molecule has 0 radical (unpaired) electrons. The summed E-state index contributed by atoms with van der Waals surface area (Å²) >= 11 is 0. The van der Waals surface area contributed by atoms with Gasteiger partial charge >= 0.3 is 30.1 Å². The lowest BCUT2D eigenvalue weighted by Crippen LogP contribution is -2.56. The Balaban J connectivity index is 2.90. The number of amides is 1. The highest BCUT2D eigenvalue weighted by Gasteiger charge is 2.80. The molecule has 0 aliphatic carbocycles. The fourth-order valence-corrected chi connectivity index (χ4v) is 1.35. The highest BCUT2D eigenvalue weighted by Crippen LogP contribution is 2.53. The summed E-state index contributed by atoms with van der Waals surface area (Å²) in [4.78, 5) is 10.1. The van der Waals surface area contributed by atoms with Crippen LogP contribution >= 0.6 is 0 Å². The summed E-state index contributed by atoms with van der Waals surface area (Å²) in [6.45, 7) is 0. The summed E-state index contributed by atoms with van der Waals surface area (Å²) in [6, 6.07) is 0. The van der Waals surface area contributed by atoms with E-state index in [1.54, 1.807) is 0 Å². The Morgan fingerprint density at radius 1 is 0.952 bits per heavy atom. The number of hydrogen-bond acceptors (Lipinski definition) is 2. The Labute approximate surface area is 109 Å². The number of rotatable bonds is 3. The number of epoxide rings is 1. The molecule has 1 aliphatic heterocycles. The topological polar surface area (TPSA) is 32.8 Å². The summed E-state index contributed by atoms with van der Waals surface area (Å²) < 4.78 is 126. The first-order chi connectivity index (χ1) is 9.05. The molecule has 1 aliphatic rings. The monoisotopic (exact) mass is 337 g/mol. The first-order valence-electron chi connectivity index (χ1n) is 4.87. The highest BCUT2D eigenvalue weighted by atomic mass is 19.4. The van der Waals surface area contributed by atoms with E-state index in [2.05, 4.69) is 4.74 Å². The molecule has 1 rings (SSSR count). The van der Waals surface area contributed by atoms with Crippen LogP contribution in [0, 0.1) is 0 Å². The molecule has 0 spiro atoms. The molecule has 0 N–H and O–H groups in total.